The number of hydrogen-bond donors (Lipinski definition) is 4. The zero-order valence-electron chi connectivity index (χ0n) is 30.8. The molecule has 14 heteroatoms. The second-order valence-electron chi connectivity index (χ2n) is 13.7. The zero-order valence-corrected chi connectivity index (χ0v) is 30.8. The molecule has 0 aliphatic carbocycles. The first-order valence-electron chi connectivity index (χ1n) is 18.2. The van der Waals surface area contributed by atoms with Gasteiger partial charge in [-0.2, -0.15) is 0 Å². The van der Waals surface area contributed by atoms with Gasteiger partial charge in [0.2, 0.25) is 11.8 Å². The van der Waals surface area contributed by atoms with Gasteiger partial charge in [-0.3, -0.25) is 28.9 Å². The van der Waals surface area contributed by atoms with E-state index in [4.69, 9.17) is 4.74 Å². The number of H-pyrrole nitrogens is 1. The first-order chi connectivity index (χ1) is 26.4. The number of ether oxygens (including phenoxy) is 1. The predicted molar refractivity (Wildman–Crippen MR) is 205 cm³/mol. The van der Waals surface area contributed by atoms with E-state index in [1.54, 1.807) is 75.8 Å². The molecule has 5 aromatic rings. The third-order valence-corrected chi connectivity index (χ3v) is 9.32. The van der Waals surface area contributed by atoms with Crippen LogP contribution in [-0.4, -0.2) is 57.2 Å². The summed E-state index contributed by atoms with van der Waals surface area (Å²) in [6.45, 7) is 4.65. The normalized spacial score (nSPS) is 12.4. The molecule has 12 nitrogen and oxygen atoms in total. The Balaban J connectivity index is 0.971. The molecule has 3 heterocycles. The number of carbonyl (C=O) groups excluding carboxylic acids is 4. The Bertz CT molecular complexity index is 2330. The van der Waals surface area contributed by atoms with Crippen LogP contribution in [0.15, 0.2) is 77.9 Å². The van der Waals surface area contributed by atoms with E-state index in [0.29, 0.717) is 76.9 Å². The highest BCUT2D eigenvalue weighted by atomic mass is 19.1. The van der Waals surface area contributed by atoms with Gasteiger partial charge in [-0.15, -0.1) is 0 Å². The van der Waals surface area contributed by atoms with Crippen molar-refractivity contribution >= 4 is 45.9 Å². The van der Waals surface area contributed by atoms with Gasteiger partial charge in [0.25, 0.3) is 17.4 Å². The summed E-state index contributed by atoms with van der Waals surface area (Å²) in [5, 5.41) is 9.62. The summed E-state index contributed by atoms with van der Waals surface area (Å²) in [7, 11) is 1.60. The molecule has 0 saturated heterocycles. The molecule has 6 rings (SSSR count). The van der Waals surface area contributed by atoms with Crippen LogP contribution in [0.3, 0.4) is 0 Å². The number of amides is 4. The molecular weight excluding hydrogens is 710 g/mol. The molecular formula is C41H42F2N6O6. The number of nitrogens with one attached hydrogen (secondary N) is 4. The van der Waals surface area contributed by atoms with Crippen molar-refractivity contribution in [1.29, 1.82) is 0 Å². The number of nitrogens with zero attached hydrogens (tertiary/aromatic N) is 2. The molecule has 286 valence electrons. The topological polar surface area (TPSA) is 155 Å². The van der Waals surface area contributed by atoms with Gasteiger partial charge in [-0.05, 0) is 88.1 Å². The molecule has 0 fully saturated rings. The second-order valence-corrected chi connectivity index (χ2v) is 13.7. The summed E-state index contributed by atoms with van der Waals surface area (Å²) in [5.41, 5.74) is 3.02. The first kappa shape index (κ1) is 38.4. The lowest BCUT2D eigenvalue weighted by Crippen LogP contribution is -2.36. The van der Waals surface area contributed by atoms with Crippen molar-refractivity contribution in [2.75, 3.05) is 23.7 Å². The average molecular weight is 753 g/mol. The van der Waals surface area contributed by atoms with Crippen LogP contribution in [-0.2, 0) is 16.6 Å². The van der Waals surface area contributed by atoms with E-state index in [0.717, 1.165) is 18.6 Å². The Morgan fingerprint density at radius 2 is 1.56 bits per heavy atom. The molecule has 1 aliphatic heterocycles. The zero-order chi connectivity index (χ0) is 39.2. The number of hydrogen-bond acceptors (Lipinski definition) is 7. The van der Waals surface area contributed by atoms with Gasteiger partial charge in [0.15, 0.2) is 11.6 Å². The molecule has 0 saturated carbocycles. The van der Waals surface area contributed by atoms with Crippen LogP contribution < -0.4 is 26.2 Å². The number of aromatic nitrogens is 2. The third kappa shape index (κ3) is 8.58. The fourth-order valence-corrected chi connectivity index (χ4v) is 6.57. The number of unbranched alkanes of at least 4 members (excludes halogenated alkanes) is 2. The number of pyridine rings is 1. The lowest BCUT2D eigenvalue weighted by atomic mass is 10.0. The van der Waals surface area contributed by atoms with Gasteiger partial charge < -0.3 is 30.2 Å². The summed E-state index contributed by atoms with van der Waals surface area (Å²) < 4.78 is 35.4. The van der Waals surface area contributed by atoms with Crippen molar-refractivity contribution in [3.63, 3.8) is 0 Å². The molecule has 0 bridgehead atoms. The molecule has 0 spiro atoms. The quantitative estimate of drug-likeness (QED) is 0.0619. The third-order valence-electron chi connectivity index (χ3n) is 9.32. The summed E-state index contributed by atoms with van der Waals surface area (Å²) >= 11 is 0. The number of fused-ring (bicyclic) bond motifs is 2. The maximum absolute atomic E-state index is 14.6. The van der Waals surface area contributed by atoms with E-state index < -0.39 is 11.6 Å². The van der Waals surface area contributed by atoms with Crippen LogP contribution in [0.5, 0.6) is 11.5 Å². The van der Waals surface area contributed by atoms with Gasteiger partial charge in [0, 0.05) is 85.4 Å². The molecule has 4 amide bonds. The predicted octanol–water partition coefficient (Wildman–Crippen LogP) is 7.12. The van der Waals surface area contributed by atoms with E-state index >= 15 is 0 Å². The smallest absolute Gasteiger partial charge is 0.274 e. The van der Waals surface area contributed by atoms with Gasteiger partial charge in [0.1, 0.15) is 17.1 Å². The number of imide groups is 1. The number of aryl methyl sites for hydroxylation is 1. The number of aromatic amines is 1. The van der Waals surface area contributed by atoms with Crippen LogP contribution in [0.25, 0.3) is 22.0 Å². The van der Waals surface area contributed by atoms with E-state index in [2.05, 4.69) is 20.9 Å². The molecule has 3 aromatic carbocycles. The number of anilines is 2. The van der Waals surface area contributed by atoms with Crippen molar-refractivity contribution < 1.29 is 32.7 Å². The Hall–Kier alpha value is -6.31. The molecule has 2 aromatic heterocycles. The van der Waals surface area contributed by atoms with E-state index in [1.807, 2.05) is 0 Å². The SMILES string of the molecule is CC(C)N1C(=O)c2cccc(NCCCCNC(=O)CCCCC(=O)Nc3ccc(Oc4ccc(F)cc4F)c(-c4cn(C)c(=O)c5[nH]ccc45)c3)c2C1=O. The highest BCUT2D eigenvalue weighted by Crippen LogP contribution is 2.39. The summed E-state index contributed by atoms with van der Waals surface area (Å²) in [6.07, 6.45) is 6.11. The number of rotatable bonds is 16. The maximum Gasteiger partial charge on any atom is 0.274 e. The van der Waals surface area contributed by atoms with Gasteiger partial charge in [-0.1, -0.05) is 6.07 Å². The fraction of sp³-hybridized carbons (Fsp3) is 0.293. The van der Waals surface area contributed by atoms with Crippen molar-refractivity contribution in [3.05, 3.63) is 106 Å². The van der Waals surface area contributed by atoms with Gasteiger partial charge in [0.05, 0.1) is 11.1 Å². The Labute approximate surface area is 315 Å². The minimum Gasteiger partial charge on any atom is -0.454 e. The number of benzene rings is 3. The molecule has 4 N–H and O–H groups in total. The lowest BCUT2D eigenvalue weighted by molar-refractivity contribution is -0.121. The van der Waals surface area contributed by atoms with Crippen molar-refractivity contribution in [3.8, 4) is 22.6 Å². The first-order valence-corrected chi connectivity index (χ1v) is 18.2. The van der Waals surface area contributed by atoms with Crippen LogP contribution in [0.2, 0.25) is 0 Å². The summed E-state index contributed by atoms with van der Waals surface area (Å²) in [6, 6.07) is 14.5. The van der Waals surface area contributed by atoms with Crippen LogP contribution in [0.1, 0.15) is 73.1 Å². The molecule has 1 aliphatic rings. The highest BCUT2D eigenvalue weighted by molar-refractivity contribution is 6.24. The van der Waals surface area contributed by atoms with Crippen molar-refractivity contribution in [2.24, 2.45) is 7.05 Å². The monoisotopic (exact) mass is 752 g/mol. The lowest BCUT2D eigenvalue weighted by Gasteiger charge is -2.18. The molecule has 0 atom stereocenters. The minimum atomic E-state index is -0.888. The van der Waals surface area contributed by atoms with Crippen LogP contribution >= 0.6 is 0 Å². The Morgan fingerprint density at radius 3 is 2.33 bits per heavy atom. The second kappa shape index (κ2) is 16.8. The van der Waals surface area contributed by atoms with Crippen LogP contribution in [0, 0.1) is 11.6 Å². The summed E-state index contributed by atoms with van der Waals surface area (Å²) in [5.74, 6) is -2.57. The average Bonchev–Trinajstić information content (AvgIpc) is 3.74. The maximum atomic E-state index is 14.6. The standard InChI is InChI=1S/C41H42F2N6O6/c1-24(2)49-39(52)28-9-8-10-32(37(28)40(49)53)44-18-6-7-19-45-35(50)11-4-5-12-36(51)47-26-14-16-33(55-34-15-13-25(42)21-31(34)43)29(22-26)30-23-48(3)41(54)38-27(30)17-20-46-38/h8-10,13-17,20-24,44,46H,4-7,11-12,18-19H2,1-3H3,(H,45,50)(H,47,51). The minimum absolute atomic E-state index is 0.113. The molecule has 55 heavy (non-hydrogen) atoms. The van der Waals surface area contributed by atoms with Crippen molar-refractivity contribution in [2.45, 2.75) is 58.4 Å². The Kier molecular flexibility index (Phi) is 11.7. The molecule has 0 radical (unpaired) electrons. The molecule has 0 unspecified atom stereocenters. The van der Waals surface area contributed by atoms with Gasteiger partial charge in [-0.25, -0.2) is 8.78 Å². The fourth-order valence-electron chi connectivity index (χ4n) is 6.57. The number of carbonyl (C=O) groups is 4. The van der Waals surface area contributed by atoms with E-state index in [1.165, 1.54) is 15.5 Å². The van der Waals surface area contributed by atoms with Gasteiger partial charge >= 0.3 is 0 Å². The summed E-state index contributed by atoms with van der Waals surface area (Å²) in [4.78, 5) is 67.8. The van der Waals surface area contributed by atoms with Crippen molar-refractivity contribution in [1.82, 2.24) is 19.8 Å². The highest BCUT2D eigenvalue weighted by Gasteiger charge is 2.38. The van der Waals surface area contributed by atoms with E-state index in [-0.39, 0.29) is 59.6 Å². The van der Waals surface area contributed by atoms with Crippen LogP contribution in [0.4, 0.5) is 20.2 Å². The van der Waals surface area contributed by atoms with E-state index in [9.17, 15) is 32.8 Å². The largest absolute Gasteiger partial charge is 0.454 e. The number of halogens is 2. The Morgan fingerprint density at radius 1 is 0.818 bits per heavy atom.